The van der Waals surface area contributed by atoms with Crippen LogP contribution in [0.15, 0.2) is 30.3 Å². The lowest BCUT2D eigenvalue weighted by Gasteiger charge is -2.35. The molecule has 0 radical (unpaired) electrons. The van der Waals surface area contributed by atoms with Crippen molar-refractivity contribution in [2.24, 2.45) is 0 Å². The molecule has 2 unspecified atom stereocenters. The molecular weight excluding hydrogens is 280 g/mol. The molecule has 0 aromatic heterocycles. The van der Waals surface area contributed by atoms with E-state index in [0.717, 1.165) is 5.56 Å². The molecule has 2 rings (SSSR count). The van der Waals surface area contributed by atoms with E-state index in [4.69, 9.17) is 4.74 Å². The van der Waals surface area contributed by atoms with Gasteiger partial charge in [0, 0.05) is 12.0 Å². The molecule has 1 saturated heterocycles. The summed E-state index contributed by atoms with van der Waals surface area (Å²) in [6, 6.07) is 9.48. The number of carbonyl (C=O) groups excluding carboxylic acids is 2. The van der Waals surface area contributed by atoms with E-state index in [0.29, 0.717) is 6.42 Å². The lowest BCUT2D eigenvalue weighted by atomic mass is 9.83. The number of amides is 2. The van der Waals surface area contributed by atoms with Gasteiger partial charge >= 0.3 is 6.09 Å². The maximum atomic E-state index is 12.1. The van der Waals surface area contributed by atoms with Crippen LogP contribution in [0.3, 0.4) is 0 Å². The van der Waals surface area contributed by atoms with Gasteiger partial charge in [0.2, 0.25) is 5.91 Å². The standard InChI is InChI=1S/C17H24N2O3/c1-11-13(12-8-6-5-7-9-12)10-14(15(20)18-11)19-16(21)22-17(2,3)4/h5-9,11,13-14H,10H2,1-4H3,(H,18,20)(H,19,21)/t11-,13?,14?/m1/s1. The summed E-state index contributed by atoms with van der Waals surface area (Å²) in [7, 11) is 0. The van der Waals surface area contributed by atoms with Crippen molar-refractivity contribution in [1.29, 1.82) is 0 Å². The largest absolute Gasteiger partial charge is 0.444 e. The van der Waals surface area contributed by atoms with Gasteiger partial charge in [0.1, 0.15) is 11.6 Å². The van der Waals surface area contributed by atoms with Gasteiger partial charge in [0.25, 0.3) is 0 Å². The van der Waals surface area contributed by atoms with Crippen molar-refractivity contribution in [3.05, 3.63) is 35.9 Å². The molecule has 0 spiro atoms. The third-order valence-electron chi connectivity index (χ3n) is 3.70. The number of ether oxygens (including phenoxy) is 1. The number of hydrogen-bond acceptors (Lipinski definition) is 3. The van der Waals surface area contributed by atoms with Crippen LogP contribution in [0.4, 0.5) is 4.79 Å². The van der Waals surface area contributed by atoms with Crippen molar-refractivity contribution in [2.45, 2.75) is 57.7 Å². The van der Waals surface area contributed by atoms with Crippen molar-refractivity contribution in [1.82, 2.24) is 10.6 Å². The molecule has 2 N–H and O–H groups in total. The number of benzene rings is 1. The van der Waals surface area contributed by atoms with Gasteiger partial charge in [0.15, 0.2) is 0 Å². The van der Waals surface area contributed by atoms with E-state index in [2.05, 4.69) is 10.6 Å². The molecule has 0 aliphatic carbocycles. The second-order valence-corrected chi connectivity index (χ2v) is 6.75. The molecule has 1 aromatic carbocycles. The Balaban J connectivity index is 2.06. The minimum atomic E-state index is -0.582. The number of carbonyl (C=O) groups is 2. The molecule has 1 fully saturated rings. The molecule has 120 valence electrons. The fourth-order valence-electron chi connectivity index (χ4n) is 2.69. The Kier molecular flexibility index (Phi) is 4.74. The highest BCUT2D eigenvalue weighted by Gasteiger charge is 2.35. The number of alkyl carbamates (subject to hydrolysis) is 1. The van der Waals surface area contributed by atoms with E-state index in [1.54, 1.807) is 20.8 Å². The van der Waals surface area contributed by atoms with E-state index < -0.39 is 17.7 Å². The van der Waals surface area contributed by atoms with Crippen molar-refractivity contribution in [2.75, 3.05) is 0 Å². The summed E-state index contributed by atoms with van der Waals surface area (Å²) in [5.41, 5.74) is 0.576. The number of piperidine rings is 1. The average Bonchev–Trinajstić information content (AvgIpc) is 2.41. The van der Waals surface area contributed by atoms with Crippen LogP contribution in [0.1, 0.15) is 45.6 Å². The molecular formula is C17H24N2O3. The van der Waals surface area contributed by atoms with Crippen LogP contribution in [0.2, 0.25) is 0 Å². The molecule has 1 heterocycles. The minimum Gasteiger partial charge on any atom is -0.444 e. The molecule has 0 bridgehead atoms. The van der Waals surface area contributed by atoms with Gasteiger partial charge in [-0.15, -0.1) is 0 Å². The summed E-state index contributed by atoms with van der Waals surface area (Å²) in [6.45, 7) is 7.37. The first-order chi connectivity index (χ1) is 10.3. The van der Waals surface area contributed by atoms with Gasteiger partial charge in [-0.25, -0.2) is 4.79 Å². The highest BCUT2D eigenvalue weighted by atomic mass is 16.6. The minimum absolute atomic E-state index is 0.0339. The Hall–Kier alpha value is -2.04. The zero-order valence-electron chi connectivity index (χ0n) is 13.6. The van der Waals surface area contributed by atoms with Crippen LogP contribution in [0, 0.1) is 0 Å². The van der Waals surface area contributed by atoms with Crippen LogP contribution < -0.4 is 10.6 Å². The molecule has 22 heavy (non-hydrogen) atoms. The van der Waals surface area contributed by atoms with Crippen LogP contribution in [-0.4, -0.2) is 29.7 Å². The Morgan fingerprint density at radius 2 is 1.91 bits per heavy atom. The number of hydrogen-bond donors (Lipinski definition) is 2. The summed E-state index contributed by atoms with van der Waals surface area (Å²) in [6.07, 6.45) is 0.00463. The highest BCUT2D eigenvalue weighted by Crippen LogP contribution is 2.28. The molecule has 1 aromatic rings. The maximum Gasteiger partial charge on any atom is 0.408 e. The number of nitrogens with one attached hydrogen (secondary N) is 2. The first-order valence-electron chi connectivity index (χ1n) is 7.61. The Labute approximate surface area is 131 Å². The predicted molar refractivity (Wildman–Crippen MR) is 84.6 cm³/mol. The molecule has 3 atom stereocenters. The van der Waals surface area contributed by atoms with Gasteiger partial charge in [-0.05, 0) is 39.7 Å². The monoisotopic (exact) mass is 304 g/mol. The Morgan fingerprint density at radius 1 is 1.27 bits per heavy atom. The SMILES string of the molecule is C[C@H]1NC(=O)C(NC(=O)OC(C)(C)C)CC1c1ccccc1. The summed E-state index contributed by atoms with van der Waals surface area (Å²) in [4.78, 5) is 24.0. The van der Waals surface area contributed by atoms with E-state index in [9.17, 15) is 9.59 Å². The topological polar surface area (TPSA) is 67.4 Å². The summed E-state index contributed by atoms with van der Waals surface area (Å²) >= 11 is 0. The molecule has 2 amide bonds. The van der Waals surface area contributed by atoms with Gasteiger partial charge in [-0.2, -0.15) is 0 Å². The highest BCUT2D eigenvalue weighted by molar-refractivity contribution is 5.86. The maximum absolute atomic E-state index is 12.1. The normalized spacial score (nSPS) is 25.3. The van der Waals surface area contributed by atoms with Gasteiger partial charge in [0.05, 0.1) is 0 Å². The first kappa shape index (κ1) is 16.3. The summed E-state index contributed by atoms with van der Waals surface area (Å²) < 4.78 is 5.23. The third-order valence-corrected chi connectivity index (χ3v) is 3.70. The fourth-order valence-corrected chi connectivity index (χ4v) is 2.69. The van der Waals surface area contributed by atoms with Crippen LogP contribution in [0.5, 0.6) is 0 Å². The smallest absolute Gasteiger partial charge is 0.408 e. The second kappa shape index (κ2) is 6.38. The van der Waals surface area contributed by atoms with Gasteiger partial charge < -0.3 is 15.4 Å². The van der Waals surface area contributed by atoms with Gasteiger partial charge in [-0.3, -0.25) is 4.79 Å². The Morgan fingerprint density at radius 3 is 2.50 bits per heavy atom. The molecule has 1 aliphatic rings. The molecule has 1 aliphatic heterocycles. The van der Waals surface area contributed by atoms with Crippen molar-refractivity contribution in [3.8, 4) is 0 Å². The zero-order chi connectivity index (χ0) is 16.3. The van der Waals surface area contributed by atoms with Crippen LogP contribution in [-0.2, 0) is 9.53 Å². The van der Waals surface area contributed by atoms with E-state index in [1.807, 2.05) is 37.3 Å². The molecule has 5 heteroatoms. The fraction of sp³-hybridized carbons (Fsp3) is 0.529. The van der Waals surface area contributed by atoms with Crippen molar-refractivity contribution < 1.29 is 14.3 Å². The lowest BCUT2D eigenvalue weighted by molar-refractivity contribution is -0.126. The second-order valence-electron chi connectivity index (χ2n) is 6.75. The van der Waals surface area contributed by atoms with Crippen molar-refractivity contribution >= 4 is 12.0 Å². The Bertz CT molecular complexity index is 537. The van der Waals surface area contributed by atoms with E-state index in [1.165, 1.54) is 0 Å². The summed E-state index contributed by atoms with van der Waals surface area (Å²) in [5.74, 6) is 0.00405. The lowest BCUT2D eigenvalue weighted by Crippen LogP contribution is -2.56. The van der Waals surface area contributed by atoms with Crippen LogP contribution >= 0.6 is 0 Å². The van der Waals surface area contributed by atoms with Crippen molar-refractivity contribution in [3.63, 3.8) is 0 Å². The average molecular weight is 304 g/mol. The predicted octanol–water partition coefficient (Wildman–Crippen LogP) is 2.57. The zero-order valence-corrected chi connectivity index (χ0v) is 13.6. The third kappa shape index (κ3) is 4.23. The van der Waals surface area contributed by atoms with Crippen LogP contribution in [0.25, 0.3) is 0 Å². The molecule has 5 nitrogen and oxygen atoms in total. The summed E-state index contributed by atoms with van der Waals surface area (Å²) in [5, 5.41) is 5.61. The van der Waals surface area contributed by atoms with Gasteiger partial charge in [-0.1, -0.05) is 30.3 Å². The van der Waals surface area contributed by atoms with E-state index in [-0.39, 0.29) is 17.9 Å². The number of rotatable bonds is 2. The molecule has 0 saturated carbocycles. The van der Waals surface area contributed by atoms with E-state index >= 15 is 0 Å². The quantitative estimate of drug-likeness (QED) is 0.882. The first-order valence-corrected chi connectivity index (χ1v) is 7.61.